The zero-order chi connectivity index (χ0) is 23.4. The first-order valence-corrected chi connectivity index (χ1v) is 9.36. The summed E-state index contributed by atoms with van der Waals surface area (Å²) in [5.74, 6) is -1.38. The predicted molar refractivity (Wildman–Crippen MR) is 115 cm³/mol. The molecule has 0 saturated heterocycles. The van der Waals surface area contributed by atoms with E-state index in [9.17, 15) is 29.8 Å². The molecule has 162 valence electrons. The number of benzene rings is 3. The Balaban J connectivity index is 1.76. The van der Waals surface area contributed by atoms with Gasteiger partial charge in [-0.3, -0.25) is 25.0 Å². The van der Waals surface area contributed by atoms with E-state index in [4.69, 9.17) is 16.3 Å². The molecule has 0 aliphatic carbocycles. The van der Waals surface area contributed by atoms with Crippen LogP contribution in [0.3, 0.4) is 0 Å². The number of hydrogen-bond acceptors (Lipinski definition) is 7. The minimum atomic E-state index is -1.02. The first kappa shape index (κ1) is 22.4. The first-order chi connectivity index (χ1) is 15.2. The third-order valence-electron chi connectivity index (χ3n) is 4.41. The number of nitrogens with one attached hydrogen (secondary N) is 1. The van der Waals surface area contributed by atoms with Crippen molar-refractivity contribution in [1.29, 1.82) is 0 Å². The fourth-order valence-electron chi connectivity index (χ4n) is 2.76. The highest BCUT2D eigenvalue weighted by Gasteiger charge is 2.26. The number of nitro groups is 2. The number of nitrogens with zero attached hydrogens (tertiary/aromatic N) is 2. The van der Waals surface area contributed by atoms with Gasteiger partial charge >= 0.3 is 5.97 Å². The van der Waals surface area contributed by atoms with E-state index in [1.54, 1.807) is 24.3 Å². The third kappa shape index (κ3) is 5.05. The van der Waals surface area contributed by atoms with Crippen molar-refractivity contribution in [3.05, 3.63) is 103 Å². The molecule has 0 atom stereocenters. The number of esters is 1. The molecule has 3 aromatic carbocycles. The average molecular weight is 456 g/mol. The van der Waals surface area contributed by atoms with Crippen molar-refractivity contribution in [2.75, 3.05) is 5.32 Å². The lowest BCUT2D eigenvalue weighted by atomic mass is 10.1. The molecule has 0 fully saturated rings. The van der Waals surface area contributed by atoms with Crippen LogP contribution < -0.4 is 10.1 Å². The highest BCUT2D eigenvalue weighted by molar-refractivity contribution is 6.30. The monoisotopic (exact) mass is 455 g/mol. The number of rotatable bonds is 6. The van der Waals surface area contributed by atoms with Gasteiger partial charge in [0.15, 0.2) is 0 Å². The zero-order valence-electron chi connectivity index (χ0n) is 16.4. The highest BCUT2D eigenvalue weighted by Crippen LogP contribution is 2.30. The first-order valence-electron chi connectivity index (χ1n) is 8.98. The van der Waals surface area contributed by atoms with Gasteiger partial charge in [-0.15, -0.1) is 0 Å². The Hall–Kier alpha value is -4.31. The second-order valence-electron chi connectivity index (χ2n) is 6.53. The van der Waals surface area contributed by atoms with E-state index >= 15 is 0 Å². The second-order valence-corrected chi connectivity index (χ2v) is 6.97. The van der Waals surface area contributed by atoms with Crippen molar-refractivity contribution in [3.8, 4) is 5.75 Å². The van der Waals surface area contributed by atoms with Gasteiger partial charge in [-0.2, -0.15) is 0 Å². The lowest BCUT2D eigenvalue weighted by Crippen LogP contribution is -2.12. The van der Waals surface area contributed by atoms with Gasteiger partial charge in [0.2, 0.25) is 0 Å². The van der Waals surface area contributed by atoms with Gasteiger partial charge in [0.05, 0.1) is 15.4 Å². The number of carbonyl (C=O) groups is 2. The van der Waals surface area contributed by atoms with Crippen LogP contribution in [0, 0.1) is 27.2 Å². The van der Waals surface area contributed by atoms with Crippen LogP contribution in [0.2, 0.25) is 5.02 Å². The summed E-state index contributed by atoms with van der Waals surface area (Å²) in [4.78, 5) is 45.4. The van der Waals surface area contributed by atoms with Gasteiger partial charge in [-0.25, -0.2) is 4.79 Å². The topological polar surface area (TPSA) is 142 Å². The van der Waals surface area contributed by atoms with Crippen LogP contribution in [0.15, 0.2) is 60.7 Å². The van der Waals surface area contributed by atoms with Crippen molar-refractivity contribution in [2.24, 2.45) is 0 Å². The molecule has 10 nitrogen and oxygen atoms in total. The highest BCUT2D eigenvalue weighted by atomic mass is 35.5. The molecular formula is C21H14ClN3O7. The Labute approximate surface area is 185 Å². The molecular weight excluding hydrogens is 442 g/mol. The number of amides is 1. The summed E-state index contributed by atoms with van der Waals surface area (Å²) in [7, 11) is 0. The van der Waals surface area contributed by atoms with E-state index < -0.39 is 33.1 Å². The van der Waals surface area contributed by atoms with Crippen molar-refractivity contribution in [1.82, 2.24) is 0 Å². The molecule has 0 unspecified atom stereocenters. The number of anilines is 1. The molecule has 0 bridgehead atoms. The summed E-state index contributed by atoms with van der Waals surface area (Å²) < 4.78 is 5.15. The molecule has 3 rings (SSSR count). The Morgan fingerprint density at radius 1 is 0.875 bits per heavy atom. The molecule has 0 spiro atoms. The van der Waals surface area contributed by atoms with Gasteiger partial charge in [0.1, 0.15) is 11.3 Å². The van der Waals surface area contributed by atoms with E-state index in [2.05, 4.69) is 5.32 Å². The summed E-state index contributed by atoms with van der Waals surface area (Å²) in [6, 6.07) is 13.9. The van der Waals surface area contributed by atoms with Crippen LogP contribution >= 0.6 is 11.6 Å². The maximum absolute atomic E-state index is 12.4. The fourth-order valence-corrected chi connectivity index (χ4v) is 2.88. The van der Waals surface area contributed by atoms with Crippen LogP contribution in [-0.2, 0) is 0 Å². The molecule has 3 aromatic rings. The van der Waals surface area contributed by atoms with E-state index in [1.807, 2.05) is 0 Å². The van der Waals surface area contributed by atoms with Crippen molar-refractivity contribution in [2.45, 2.75) is 6.92 Å². The smallest absolute Gasteiger partial charge is 0.344 e. The van der Waals surface area contributed by atoms with E-state index in [0.717, 1.165) is 12.1 Å². The van der Waals surface area contributed by atoms with E-state index in [1.165, 1.54) is 31.2 Å². The van der Waals surface area contributed by atoms with Crippen LogP contribution in [0.1, 0.15) is 26.3 Å². The van der Waals surface area contributed by atoms with Crippen LogP contribution in [0.25, 0.3) is 0 Å². The third-order valence-corrected chi connectivity index (χ3v) is 4.66. The molecule has 0 aromatic heterocycles. The number of carbonyl (C=O) groups excluding carboxylic acids is 2. The maximum Gasteiger partial charge on any atom is 0.344 e. The number of hydrogen-bond donors (Lipinski definition) is 1. The fraction of sp³-hybridized carbons (Fsp3) is 0.0476. The van der Waals surface area contributed by atoms with E-state index in [-0.39, 0.29) is 22.4 Å². The van der Waals surface area contributed by atoms with Crippen LogP contribution in [0.5, 0.6) is 5.75 Å². The molecule has 0 aliphatic heterocycles. The predicted octanol–water partition coefficient (Wildman–Crippen LogP) is 4.94. The molecule has 0 heterocycles. The van der Waals surface area contributed by atoms with Crippen LogP contribution in [0.4, 0.5) is 17.1 Å². The normalized spacial score (nSPS) is 10.3. The van der Waals surface area contributed by atoms with E-state index in [0.29, 0.717) is 10.7 Å². The molecule has 1 amide bonds. The molecule has 11 heteroatoms. The summed E-state index contributed by atoms with van der Waals surface area (Å²) in [6.45, 7) is 1.22. The summed E-state index contributed by atoms with van der Waals surface area (Å²) >= 11 is 5.80. The van der Waals surface area contributed by atoms with Crippen molar-refractivity contribution < 1.29 is 24.2 Å². The number of ether oxygens (including phenoxy) is 1. The summed E-state index contributed by atoms with van der Waals surface area (Å²) in [5, 5.41) is 25.5. The van der Waals surface area contributed by atoms with Crippen LogP contribution in [-0.4, -0.2) is 21.7 Å². The molecule has 32 heavy (non-hydrogen) atoms. The Kier molecular flexibility index (Phi) is 6.45. The Morgan fingerprint density at radius 2 is 1.41 bits per heavy atom. The standard InChI is InChI=1S/C21H14ClN3O7/c1-12-18(24(28)29)10-14(11-19(12)25(30)31)21(27)32-17-8-2-13(3-9-17)20(26)23-16-6-4-15(22)5-7-16/h2-11H,1H3,(H,23,26). The average Bonchev–Trinajstić information content (AvgIpc) is 2.75. The molecule has 0 aliphatic rings. The van der Waals surface area contributed by atoms with Crippen molar-refractivity contribution >= 4 is 40.5 Å². The van der Waals surface area contributed by atoms with Crippen molar-refractivity contribution in [3.63, 3.8) is 0 Å². The van der Waals surface area contributed by atoms with Gasteiger partial charge < -0.3 is 10.1 Å². The molecule has 1 N–H and O–H groups in total. The zero-order valence-corrected chi connectivity index (χ0v) is 17.2. The van der Waals surface area contributed by atoms with Gasteiger partial charge in [-0.1, -0.05) is 11.6 Å². The minimum absolute atomic E-state index is 0.0453. The quantitative estimate of drug-likeness (QED) is 0.240. The largest absolute Gasteiger partial charge is 0.423 e. The lowest BCUT2D eigenvalue weighted by molar-refractivity contribution is -0.395. The SMILES string of the molecule is Cc1c([N+](=O)[O-])cc(C(=O)Oc2ccc(C(=O)Nc3ccc(Cl)cc3)cc2)cc1[N+](=O)[O-]. The molecule has 0 radical (unpaired) electrons. The summed E-state index contributed by atoms with van der Waals surface area (Å²) in [6.07, 6.45) is 0. The van der Waals surface area contributed by atoms with Gasteiger partial charge in [0, 0.05) is 28.4 Å². The Morgan fingerprint density at radius 3 is 1.91 bits per heavy atom. The number of halogens is 1. The summed E-state index contributed by atoms with van der Waals surface area (Å²) in [5.41, 5.74) is -0.842. The molecule has 0 saturated carbocycles. The Bertz CT molecular complexity index is 1190. The lowest BCUT2D eigenvalue weighted by Gasteiger charge is -2.08. The second kappa shape index (κ2) is 9.23. The minimum Gasteiger partial charge on any atom is -0.423 e. The maximum atomic E-state index is 12.4. The number of nitro benzene ring substituents is 2. The van der Waals surface area contributed by atoms with Gasteiger partial charge in [0.25, 0.3) is 17.3 Å². The van der Waals surface area contributed by atoms with Gasteiger partial charge in [-0.05, 0) is 55.5 Å².